The molecule has 0 fully saturated rings. The minimum atomic E-state index is -0.0251. The molecule has 1 rings (SSSR count). The van der Waals surface area contributed by atoms with Crippen LogP contribution in [0.15, 0.2) is 23.4 Å². The summed E-state index contributed by atoms with van der Waals surface area (Å²) in [6.07, 6.45) is 0. The smallest absolute Gasteiger partial charge is 0.143 e. The molecule has 106 valence electrons. The molecule has 1 atom stereocenters. The molecule has 6 heteroatoms. The van der Waals surface area contributed by atoms with Crippen molar-refractivity contribution in [2.75, 3.05) is 13.1 Å². The molecular formula is C13H19Cl2N3O. The van der Waals surface area contributed by atoms with Crippen molar-refractivity contribution >= 4 is 29.0 Å². The van der Waals surface area contributed by atoms with E-state index in [0.717, 1.165) is 12.1 Å². The third kappa shape index (κ3) is 4.90. The van der Waals surface area contributed by atoms with Crippen LogP contribution >= 0.6 is 23.2 Å². The summed E-state index contributed by atoms with van der Waals surface area (Å²) in [7, 11) is 0. The van der Waals surface area contributed by atoms with Crippen molar-refractivity contribution in [3.63, 3.8) is 0 Å². The second-order valence-electron chi connectivity index (χ2n) is 4.49. The van der Waals surface area contributed by atoms with Crippen molar-refractivity contribution in [3.8, 4) is 0 Å². The minimum Gasteiger partial charge on any atom is -0.409 e. The minimum absolute atomic E-state index is 0.0251. The first-order valence-corrected chi connectivity index (χ1v) is 6.87. The number of nitrogens with two attached hydrogens (primary N) is 1. The Balaban J connectivity index is 2.74. The lowest BCUT2D eigenvalue weighted by Crippen LogP contribution is -2.34. The van der Waals surface area contributed by atoms with Gasteiger partial charge in [-0.05, 0) is 30.3 Å². The molecule has 0 saturated carbocycles. The van der Waals surface area contributed by atoms with E-state index in [4.69, 9.17) is 34.1 Å². The van der Waals surface area contributed by atoms with Crippen LogP contribution in [0.5, 0.6) is 0 Å². The second-order valence-corrected chi connectivity index (χ2v) is 5.33. The fourth-order valence-electron chi connectivity index (χ4n) is 1.79. The molecule has 0 heterocycles. The monoisotopic (exact) mass is 303 g/mol. The lowest BCUT2D eigenvalue weighted by atomic mass is 10.1. The quantitative estimate of drug-likeness (QED) is 0.367. The molecule has 3 N–H and O–H groups in total. The predicted octanol–water partition coefficient (Wildman–Crippen LogP) is 3.20. The van der Waals surface area contributed by atoms with Crippen molar-refractivity contribution in [1.82, 2.24) is 4.90 Å². The number of rotatable bonds is 6. The molecule has 0 aliphatic heterocycles. The first kappa shape index (κ1) is 16.1. The second kappa shape index (κ2) is 7.58. The highest BCUT2D eigenvalue weighted by Crippen LogP contribution is 2.22. The Kier molecular flexibility index (Phi) is 6.42. The van der Waals surface area contributed by atoms with Gasteiger partial charge in [0.25, 0.3) is 0 Å². The maximum atomic E-state index is 8.67. The number of hydrogen-bond acceptors (Lipinski definition) is 3. The van der Waals surface area contributed by atoms with Gasteiger partial charge in [-0.15, -0.1) is 0 Å². The number of nitrogens with zero attached hydrogens (tertiary/aromatic N) is 2. The highest BCUT2D eigenvalue weighted by Gasteiger charge is 2.14. The molecule has 0 aliphatic carbocycles. The Morgan fingerprint density at radius 3 is 2.74 bits per heavy atom. The topological polar surface area (TPSA) is 61.8 Å². The van der Waals surface area contributed by atoms with Gasteiger partial charge in [-0.1, -0.05) is 42.2 Å². The van der Waals surface area contributed by atoms with Gasteiger partial charge in [0.15, 0.2) is 0 Å². The summed E-state index contributed by atoms with van der Waals surface area (Å²) in [4.78, 5) is 2.17. The van der Waals surface area contributed by atoms with E-state index >= 15 is 0 Å². The van der Waals surface area contributed by atoms with E-state index in [1.807, 2.05) is 13.0 Å². The lowest BCUT2D eigenvalue weighted by molar-refractivity contribution is 0.258. The average molecular weight is 304 g/mol. The maximum absolute atomic E-state index is 8.67. The van der Waals surface area contributed by atoms with Gasteiger partial charge >= 0.3 is 0 Å². The molecule has 0 saturated heterocycles. The zero-order chi connectivity index (χ0) is 14.4. The Morgan fingerprint density at radius 1 is 1.47 bits per heavy atom. The number of hydrogen-bond donors (Lipinski definition) is 2. The Bertz CT molecular complexity index is 452. The van der Waals surface area contributed by atoms with E-state index in [2.05, 4.69) is 17.0 Å². The van der Waals surface area contributed by atoms with Gasteiger partial charge in [0.05, 0.1) is 0 Å². The van der Waals surface area contributed by atoms with Gasteiger partial charge in [0.1, 0.15) is 5.84 Å². The molecule has 1 aromatic carbocycles. The molecule has 1 unspecified atom stereocenters. The van der Waals surface area contributed by atoms with Crippen LogP contribution in [-0.4, -0.2) is 29.0 Å². The molecule has 4 nitrogen and oxygen atoms in total. The zero-order valence-electron chi connectivity index (χ0n) is 11.1. The maximum Gasteiger partial charge on any atom is 0.143 e. The SMILES string of the molecule is CCN(Cc1cc(Cl)ccc1Cl)CC(C)C(N)=NO. The molecule has 0 amide bonds. The van der Waals surface area contributed by atoms with Gasteiger partial charge in [0.2, 0.25) is 0 Å². The Hall–Kier alpha value is -0.970. The fourth-order valence-corrected chi connectivity index (χ4v) is 2.16. The van der Waals surface area contributed by atoms with E-state index in [-0.39, 0.29) is 11.8 Å². The Morgan fingerprint density at radius 2 is 2.16 bits per heavy atom. The standard InChI is InChI=1S/C13H19Cl2N3O/c1-3-18(7-9(2)13(16)17-19)8-10-6-11(14)4-5-12(10)15/h4-6,9,19H,3,7-8H2,1-2H3,(H2,16,17). The van der Waals surface area contributed by atoms with Crippen LogP contribution in [0.4, 0.5) is 0 Å². The van der Waals surface area contributed by atoms with Crippen LogP contribution < -0.4 is 5.73 Å². The normalized spacial score (nSPS) is 13.8. The van der Waals surface area contributed by atoms with Crippen LogP contribution in [0.2, 0.25) is 10.0 Å². The molecular weight excluding hydrogens is 285 g/mol. The molecule has 0 aromatic heterocycles. The number of oxime groups is 1. The summed E-state index contributed by atoms with van der Waals surface area (Å²) in [5.41, 5.74) is 6.57. The van der Waals surface area contributed by atoms with Crippen LogP contribution in [0.1, 0.15) is 19.4 Å². The van der Waals surface area contributed by atoms with Crippen molar-refractivity contribution in [2.45, 2.75) is 20.4 Å². The largest absolute Gasteiger partial charge is 0.409 e. The van der Waals surface area contributed by atoms with Crippen LogP contribution in [0, 0.1) is 5.92 Å². The number of halogens is 2. The third-order valence-corrected chi connectivity index (χ3v) is 3.61. The summed E-state index contributed by atoms with van der Waals surface area (Å²) in [6.45, 7) is 6.18. The molecule has 0 bridgehead atoms. The van der Waals surface area contributed by atoms with Gasteiger partial charge in [-0.2, -0.15) is 0 Å². The van der Waals surface area contributed by atoms with Crippen LogP contribution in [-0.2, 0) is 6.54 Å². The van der Waals surface area contributed by atoms with Crippen molar-refractivity contribution in [2.24, 2.45) is 16.8 Å². The van der Waals surface area contributed by atoms with E-state index in [1.165, 1.54) is 0 Å². The number of amidine groups is 1. The highest BCUT2D eigenvalue weighted by atomic mass is 35.5. The molecule has 19 heavy (non-hydrogen) atoms. The first-order valence-electron chi connectivity index (χ1n) is 6.11. The van der Waals surface area contributed by atoms with Gasteiger partial charge in [-0.3, -0.25) is 4.90 Å². The van der Waals surface area contributed by atoms with Crippen molar-refractivity contribution in [1.29, 1.82) is 0 Å². The van der Waals surface area contributed by atoms with Crippen LogP contribution in [0.3, 0.4) is 0 Å². The molecule has 1 aromatic rings. The first-order chi connectivity index (χ1) is 8.97. The van der Waals surface area contributed by atoms with E-state index in [0.29, 0.717) is 23.1 Å². The summed E-state index contributed by atoms with van der Waals surface area (Å²) in [5.74, 6) is 0.207. The van der Waals surface area contributed by atoms with Gasteiger partial charge < -0.3 is 10.9 Å². The summed E-state index contributed by atoms with van der Waals surface area (Å²) in [5, 5.41) is 13.1. The summed E-state index contributed by atoms with van der Waals surface area (Å²) >= 11 is 12.1. The molecule has 0 radical (unpaired) electrons. The molecule has 0 aliphatic rings. The summed E-state index contributed by atoms with van der Waals surface area (Å²) in [6, 6.07) is 5.42. The lowest BCUT2D eigenvalue weighted by Gasteiger charge is -2.24. The van der Waals surface area contributed by atoms with Crippen molar-refractivity contribution in [3.05, 3.63) is 33.8 Å². The Labute approximate surface area is 123 Å². The van der Waals surface area contributed by atoms with Gasteiger partial charge in [0, 0.05) is 29.1 Å². The predicted molar refractivity (Wildman–Crippen MR) is 80.0 cm³/mol. The van der Waals surface area contributed by atoms with E-state index < -0.39 is 0 Å². The van der Waals surface area contributed by atoms with Gasteiger partial charge in [-0.25, -0.2) is 0 Å². The zero-order valence-corrected chi connectivity index (χ0v) is 12.6. The number of benzene rings is 1. The fraction of sp³-hybridized carbons (Fsp3) is 0.462. The van der Waals surface area contributed by atoms with E-state index in [1.54, 1.807) is 12.1 Å². The van der Waals surface area contributed by atoms with Crippen LogP contribution in [0.25, 0.3) is 0 Å². The van der Waals surface area contributed by atoms with E-state index in [9.17, 15) is 0 Å². The summed E-state index contributed by atoms with van der Waals surface area (Å²) < 4.78 is 0. The third-order valence-electron chi connectivity index (χ3n) is 3.00. The molecule has 0 spiro atoms. The van der Waals surface area contributed by atoms with Crippen molar-refractivity contribution < 1.29 is 5.21 Å². The average Bonchev–Trinajstić information content (AvgIpc) is 2.40. The highest BCUT2D eigenvalue weighted by molar-refractivity contribution is 6.33.